The van der Waals surface area contributed by atoms with Gasteiger partial charge in [-0.1, -0.05) is 12.2 Å². The number of hydrogen-bond donors (Lipinski definition) is 2. The second kappa shape index (κ2) is 6.36. The van der Waals surface area contributed by atoms with Gasteiger partial charge in [0.25, 0.3) is 0 Å². The third kappa shape index (κ3) is 2.73. The van der Waals surface area contributed by atoms with Gasteiger partial charge < -0.3 is 15.2 Å². The predicted molar refractivity (Wildman–Crippen MR) is 86.3 cm³/mol. The highest BCUT2D eigenvalue weighted by atomic mass is 16.5. The van der Waals surface area contributed by atoms with Gasteiger partial charge in [-0.2, -0.15) is 5.26 Å². The SMILES string of the molecule is CCOc1ccc(C#N)cc1NC(=O)[C@H]1[C@H](C(=O)O)[C@H]2C=C[C@H]1C2. The Kier molecular flexibility index (Phi) is 4.26. The van der Waals surface area contributed by atoms with E-state index < -0.39 is 17.8 Å². The van der Waals surface area contributed by atoms with Crippen LogP contribution in [0.2, 0.25) is 0 Å². The average molecular weight is 326 g/mol. The standard InChI is InChI=1S/C18H18N2O4/c1-2-24-14-6-3-10(9-19)7-13(14)20-17(21)15-11-4-5-12(8-11)16(15)18(22)23/h3-7,11-12,15-16H,2,8H2,1H3,(H,20,21)(H,22,23)/t11-,12-,15+,16+/m0/s1. The molecule has 0 unspecified atom stereocenters. The van der Waals surface area contributed by atoms with Crippen LogP contribution in [0, 0.1) is 35.0 Å². The lowest BCUT2D eigenvalue weighted by Gasteiger charge is -2.24. The molecule has 2 aliphatic carbocycles. The second-order valence-corrected chi connectivity index (χ2v) is 6.08. The van der Waals surface area contributed by atoms with Gasteiger partial charge in [-0.05, 0) is 43.4 Å². The molecule has 0 aliphatic heterocycles. The Hall–Kier alpha value is -2.81. The Morgan fingerprint density at radius 3 is 2.67 bits per heavy atom. The van der Waals surface area contributed by atoms with Crippen LogP contribution in [0.15, 0.2) is 30.4 Å². The van der Waals surface area contributed by atoms with E-state index in [1.165, 1.54) is 0 Å². The zero-order valence-electron chi connectivity index (χ0n) is 13.2. The Bertz CT molecular complexity index is 750. The molecule has 124 valence electrons. The van der Waals surface area contributed by atoms with Gasteiger partial charge in [0.2, 0.25) is 5.91 Å². The fourth-order valence-corrected chi connectivity index (χ4v) is 3.71. The van der Waals surface area contributed by atoms with E-state index in [2.05, 4.69) is 5.32 Å². The Balaban J connectivity index is 1.86. The number of carbonyl (C=O) groups excluding carboxylic acids is 1. The molecule has 0 spiro atoms. The Morgan fingerprint density at radius 2 is 2.04 bits per heavy atom. The molecule has 6 nitrogen and oxygen atoms in total. The van der Waals surface area contributed by atoms with Crippen molar-refractivity contribution in [1.82, 2.24) is 0 Å². The molecule has 2 N–H and O–H groups in total. The van der Waals surface area contributed by atoms with Crippen molar-refractivity contribution in [1.29, 1.82) is 5.26 Å². The van der Waals surface area contributed by atoms with Gasteiger partial charge in [0.05, 0.1) is 35.8 Å². The summed E-state index contributed by atoms with van der Waals surface area (Å²) < 4.78 is 5.48. The van der Waals surface area contributed by atoms with Crippen LogP contribution in [0.3, 0.4) is 0 Å². The van der Waals surface area contributed by atoms with Crippen molar-refractivity contribution in [2.75, 3.05) is 11.9 Å². The van der Waals surface area contributed by atoms with Crippen molar-refractivity contribution >= 4 is 17.6 Å². The highest BCUT2D eigenvalue weighted by Gasteiger charge is 2.51. The van der Waals surface area contributed by atoms with E-state index in [9.17, 15) is 14.7 Å². The smallest absolute Gasteiger partial charge is 0.307 e. The lowest BCUT2D eigenvalue weighted by molar-refractivity contribution is -0.146. The first-order chi connectivity index (χ1) is 11.5. The van der Waals surface area contributed by atoms with Crippen LogP contribution in [0.1, 0.15) is 18.9 Å². The zero-order chi connectivity index (χ0) is 17.3. The highest BCUT2D eigenvalue weighted by molar-refractivity contribution is 5.97. The summed E-state index contributed by atoms with van der Waals surface area (Å²) in [4.78, 5) is 24.3. The molecule has 0 radical (unpaired) electrons. The summed E-state index contributed by atoms with van der Waals surface area (Å²) in [7, 11) is 0. The molecule has 1 amide bonds. The molecule has 4 atom stereocenters. The zero-order valence-corrected chi connectivity index (χ0v) is 13.2. The summed E-state index contributed by atoms with van der Waals surface area (Å²) >= 11 is 0. The molecule has 0 heterocycles. The average Bonchev–Trinajstić information content (AvgIpc) is 3.17. The third-order valence-corrected chi connectivity index (χ3v) is 4.71. The van der Waals surface area contributed by atoms with Gasteiger partial charge in [0.1, 0.15) is 5.75 Å². The maximum Gasteiger partial charge on any atom is 0.307 e. The molecular formula is C18H18N2O4. The fourth-order valence-electron chi connectivity index (χ4n) is 3.71. The number of rotatable bonds is 5. The van der Waals surface area contributed by atoms with Gasteiger partial charge >= 0.3 is 5.97 Å². The molecular weight excluding hydrogens is 308 g/mol. The van der Waals surface area contributed by atoms with Crippen LogP contribution < -0.4 is 10.1 Å². The van der Waals surface area contributed by atoms with Crippen molar-refractivity contribution in [3.63, 3.8) is 0 Å². The topological polar surface area (TPSA) is 99.4 Å². The number of ether oxygens (including phenoxy) is 1. The first kappa shape index (κ1) is 16.1. The lowest BCUT2D eigenvalue weighted by Crippen LogP contribution is -2.36. The number of allylic oxidation sites excluding steroid dienone is 2. The number of benzene rings is 1. The van der Waals surface area contributed by atoms with Crippen molar-refractivity contribution in [3.05, 3.63) is 35.9 Å². The maximum absolute atomic E-state index is 12.7. The lowest BCUT2D eigenvalue weighted by atomic mass is 9.82. The molecule has 24 heavy (non-hydrogen) atoms. The minimum atomic E-state index is -0.942. The van der Waals surface area contributed by atoms with Crippen molar-refractivity contribution < 1.29 is 19.4 Å². The molecule has 1 aromatic rings. The summed E-state index contributed by atoms with van der Waals surface area (Å²) in [5, 5.41) is 21.3. The first-order valence-electron chi connectivity index (χ1n) is 7.94. The minimum Gasteiger partial charge on any atom is -0.492 e. The number of fused-ring (bicyclic) bond motifs is 2. The van der Waals surface area contributed by atoms with E-state index in [4.69, 9.17) is 10.00 Å². The van der Waals surface area contributed by atoms with Crippen LogP contribution in [-0.2, 0) is 9.59 Å². The minimum absolute atomic E-state index is 0.0502. The van der Waals surface area contributed by atoms with Crippen molar-refractivity contribution in [3.8, 4) is 11.8 Å². The van der Waals surface area contributed by atoms with Crippen molar-refractivity contribution in [2.24, 2.45) is 23.7 Å². The molecule has 1 aromatic carbocycles. The summed E-state index contributed by atoms with van der Waals surface area (Å²) in [6, 6.07) is 6.81. The number of aliphatic carboxylic acids is 1. The van der Waals surface area contributed by atoms with Crippen LogP contribution in [0.5, 0.6) is 5.75 Å². The molecule has 0 aromatic heterocycles. The Labute approximate surface area is 139 Å². The van der Waals surface area contributed by atoms with Gasteiger partial charge in [0.15, 0.2) is 0 Å². The highest BCUT2D eigenvalue weighted by Crippen LogP contribution is 2.48. The van der Waals surface area contributed by atoms with E-state index in [0.717, 1.165) is 0 Å². The van der Waals surface area contributed by atoms with E-state index in [1.54, 1.807) is 18.2 Å². The van der Waals surface area contributed by atoms with E-state index in [-0.39, 0.29) is 17.7 Å². The largest absolute Gasteiger partial charge is 0.492 e. The molecule has 6 heteroatoms. The normalized spacial score (nSPS) is 26.8. The molecule has 2 aliphatic rings. The summed E-state index contributed by atoms with van der Waals surface area (Å²) in [5.41, 5.74) is 0.799. The quantitative estimate of drug-likeness (QED) is 0.810. The van der Waals surface area contributed by atoms with Crippen LogP contribution >= 0.6 is 0 Å². The first-order valence-corrected chi connectivity index (χ1v) is 7.94. The third-order valence-electron chi connectivity index (χ3n) is 4.71. The summed E-state index contributed by atoms with van der Waals surface area (Å²) in [6.45, 7) is 2.24. The van der Waals surface area contributed by atoms with Gasteiger partial charge in [-0.3, -0.25) is 9.59 Å². The van der Waals surface area contributed by atoms with Gasteiger partial charge in [-0.25, -0.2) is 0 Å². The number of anilines is 1. The molecule has 1 fully saturated rings. The fraction of sp³-hybridized carbons (Fsp3) is 0.389. The van der Waals surface area contributed by atoms with E-state index in [0.29, 0.717) is 30.0 Å². The second-order valence-electron chi connectivity index (χ2n) is 6.08. The number of hydrogen-bond acceptors (Lipinski definition) is 4. The van der Waals surface area contributed by atoms with Crippen LogP contribution in [0.25, 0.3) is 0 Å². The van der Waals surface area contributed by atoms with Gasteiger partial charge in [0, 0.05) is 0 Å². The monoisotopic (exact) mass is 326 g/mol. The number of carboxylic acids is 1. The van der Waals surface area contributed by atoms with Gasteiger partial charge in [-0.15, -0.1) is 0 Å². The predicted octanol–water partition coefficient (Wildman–Crippen LogP) is 2.42. The van der Waals surface area contributed by atoms with E-state index >= 15 is 0 Å². The number of nitrogens with zero attached hydrogens (tertiary/aromatic N) is 1. The number of nitriles is 1. The van der Waals surface area contributed by atoms with Crippen LogP contribution in [0.4, 0.5) is 5.69 Å². The summed E-state index contributed by atoms with van der Waals surface area (Å²) in [6.07, 6.45) is 4.53. The number of amides is 1. The molecule has 3 rings (SSSR count). The molecule has 2 bridgehead atoms. The van der Waals surface area contributed by atoms with E-state index in [1.807, 2.05) is 25.1 Å². The number of nitrogens with one attached hydrogen (secondary N) is 1. The molecule has 1 saturated carbocycles. The Morgan fingerprint density at radius 1 is 1.33 bits per heavy atom. The maximum atomic E-state index is 12.7. The molecule has 0 saturated heterocycles. The summed E-state index contributed by atoms with van der Waals surface area (Å²) in [5.74, 6) is -2.24. The van der Waals surface area contributed by atoms with Crippen LogP contribution in [-0.4, -0.2) is 23.6 Å². The number of carboxylic acid groups (broad SMARTS) is 1. The number of carbonyl (C=O) groups is 2. The van der Waals surface area contributed by atoms with Crippen molar-refractivity contribution in [2.45, 2.75) is 13.3 Å².